The Hall–Kier alpha value is -0.160. The number of fused-ring (bicyclic) bond motifs is 1. The summed E-state index contributed by atoms with van der Waals surface area (Å²) >= 11 is 0. The number of nitrogens with zero attached hydrogens (tertiary/aromatic N) is 1. The lowest BCUT2D eigenvalue weighted by Crippen LogP contribution is -2.49. The van der Waals surface area contributed by atoms with E-state index < -0.39 is 12.2 Å². The Labute approximate surface area is 84.2 Å². The molecule has 0 bridgehead atoms. The fraction of sp³-hybridized carbons (Fsp3) is 1.00. The van der Waals surface area contributed by atoms with Crippen LogP contribution in [0.4, 0.5) is 0 Å². The van der Waals surface area contributed by atoms with Crippen molar-refractivity contribution in [2.45, 2.75) is 56.5 Å². The van der Waals surface area contributed by atoms with Crippen molar-refractivity contribution >= 4 is 0 Å². The maximum Gasteiger partial charge on any atom is 0.0991 e. The van der Waals surface area contributed by atoms with Gasteiger partial charge in [-0.05, 0) is 19.8 Å². The molecule has 2 aliphatic rings. The molecule has 4 nitrogen and oxygen atoms in total. The van der Waals surface area contributed by atoms with Crippen molar-refractivity contribution in [3.8, 4) is 0 Å². The molecule has 3 N–H and O–H groups in total. The van der Waals surface area contributed by atoms with Gasteiger partial charge in [-0.1, -0.05) is 6.42 Å². The molecule has 0 aliphatic carbocycles. The summed E-state index contributed by atoms with van der Waals surface area (Å²) in [5, 5.41) is 28.8. The standard InChI is InChI=1S/C10H19NO3/c1-6-3-2-4-7-9(13)10(14)8(5-12)11(6)7/h6-10,12-14H,2-5H2,1H3/t6-,7-,8+,9+,10-/m0/s1. The van der Waals surface area contributed by atoms with Crippen LogP contribution in [0.1, 0.15) is 26.2 Å². The van der Waals surface area contributed by atoms with Gasteiger partial charge in [0.25, 0.3) is 0 Å². The fourth-order valence-electron chi connectivity index (χ4n) is 3.00. The Morgan fingerprint density at radius 1 is 1.21 bits per heavy atom. The van der Waals surface area contributed by atoms with Gasteiger partial charge in [0.2, 0.25) is 0 Å². The highest BCUT2D eigenvalue weighted by atomic mass is 16.3. The summed E-state index contributed by atoms with van der Waals surface area (Å²) in [6.45, 7) is 2.03. The Morgan fingerprint density at radius 3 is 2.57 bits per heavy atom. The number of rotatable bonds is 1. The molecule has 0 aromatic rings. The molecule has 4 heteroatoms. The van der Waals surface area contributed by atoms with Crippen LogP contribution >= 0.6 is 0 Å². The van der Waals surface area contributed by atoms with Crippen LogP contribution in [0.15, 0.2) is 0 Å². The zero-order valence-corrected chi connectivity index (χ0v) is 8.50. The Morgan fingerprint density at radius 2 is 1.93 bits per heavy atom. The van der Waals surface area contributed by atoms with Crippen molar-refractivity contribution in [1.82, 2.24) is 4.90 Å². The molecule has 0 saturated carbocycles. The van der Waals surface area contributed by atoms with Gasteiger partial charge in [0.1, 0.15) is 0 Å². The SMILES string of the molecule is C[C@H]1CCC[C@H]2[C@@H](O)[C@@H](O)[C@@H](CO)N12. The summed E-state index contributed by atoms with van der Waals surface area (Å²) in [5.41, 5.74) is 0. The first-order chi connectivity index (χ1) is 6.66. The maximum atomic E-state index is 9.81. The van der Waals surface area contributed by atoms with Crippen LogP contribution in [0.2, 0.25) is 0 Å². The van der Waals surface area contributed by atoms with Crippen LogP contribution in [-0.4, -0.2) is 57.2 Å². The van der Waals surface area contributed by atoms with E-state index in [2.05, 4.69) is 11.8 Å². The first-order valence-electron chi connectivity index (χ1n) is 5.41. The zero-order valence-electron chi connectivity index (χ0n) is 8.50. The summed E-state index contributed by atoms with van der Waals surface area (Å²) in [7, 11) is 0. The lowest BCUT2D eigenvalue weighted by Gasteiger charge is -2.39. The third-order valence-electron chi connectivity index (χ3n) is 3.72. The third kappa shape index (κ3) is 1.37. The molecule has 2 fully saturated rings. The van der Waals surface area contributed by atoms with E-state index in [1.165, 1.54) is 0 Å². The second-order valence-corrected chi connectivity index (χ2v) is 4.53. The molecule has 0 radical (unpaired) electrons. The lowest BCUT2D eigenvalue weighted by atomic mass is 9.96. The molecule has 5 atom stereocenters. The smallest absolute Gasteiger partial charge is 0.0991 e. The van der Waals surface area contributed by atoms with Gasteiger partial charge in [0.15, 0.2) is 0 Å². The summed E-state index contributed by atoms with van der Waals surface area (Å²) < 4.78 is 0. The Bertz CT molecular complexity index is 202. The third-order valence-corrected chi connectivity index (χ3v) is 3.72. The van der Waals surface area contributed by atoms with Gasteiger partial charge in [-0.2, -0.15) is 0 Å². The number of aliphatic hydroxyl groups is 3. The second kappa shape index (κ2) is 3.77. The van der Waals surface area contributed by atoms with Crippen LogP contribution in [0, 0.1) is 0 Å². The molecule has 0 aromatic heterocycles. The van der Waals surface area contributed by atoms with Crippen molar-refractivity contribution in [2.75, 3.05) is 6.61 Å². The molecule has 0 unspecified atom stereocenters. The highest BCUT2D eigenvalue weighted by Gasteiger charge is 2.49. The van der Waals surface area contributed by atoms with Gasteiger partial charge in [0.05, 0.1) is 24.9 Å². The molecular weight excluding hydrogens is 182 g/mol. The van der Waals surface area contributed by atoms with E-state index in [1.54, 1.807) is 0 Å². The minimum Gasteiger partial charge on any atom is -0.395 e. The van der Waals surface area contributed by atoms with E-state index in [0.717, 1.165) is 19.3 Å². The summed E-state index contributed by atoms with van der Waals surface area (Å²) in [6.07, 6.45) is 1.65. The molecule has 82 valence electrons. The average molecular weight is 201 g/mol. The van der Waals surface area contributed by atoms with Crippen molar-refractivity contribution < 1.29 is 15.3 Å². The predicted molar refractivity (Wildman–Crippen MR) is 51.8 cm³/mol. The van der Waals surface area contributed by atoms with E-state index in [-0.39, 0.29) is 18.7 Å². The number of piperidine rings is 1. The van der Waals surface area contributed by atoms with Gasteiger partial charge in [-0.15, -0.1) is 0 Å². The van der Waals surface area contributed by atoms with Gasteiger partial charge in [0, 0.05) is 12.1 Å². The van der Waals surface area contributed by atoms with E-state index in [9.17, 15) is 15.3 Å². The minimum absolute atomic E-state index is 0.0471. The highest BCUT2D eigenvalue weighted by Crippen LogP contribution is 2.35. The maximum absolute atomic E-state index is 9.81. The van der Waals surface area contributed by atoms with Crippen LogP contribution < -0.4 is 0 Å². The zero-order chi connectivity index (χ0) is 10.3. The molecular formula is C10H19NO3. The number of hydrogen-bond acceptors (Lipinski definition) is 4. The van der Waals surface area contributed by atoms with Crippen LogP contribution in [0.3, 0.4) is 0 Å². The molecule has 0 amide bonds. The van der Waals surface area contributed by atoms with Gasteiger partial charge in [-0.3, -0.25) is 4.90 Å². The van der Waals surface area contributed by atoms with Crippen molar-refractivity contribution in [3.05, 3.63) is 0 Å². The first-order valence-corrected chi connectivity index (χ1v) is 5.41. The summed E-state index contributed by atoms with van der Waals surface area (Å²) in [5.74, 6) is 0. The predicted octanol–water partition coefficient (Wildman–Crippen LogP) is -0.674. The monoisotopic (exact) mass is 201 g/mol. The number of aliphatic hydroxyl groups excluding tert-OH is 3. The highest BCUT2D eigenvalue weighted by molar-refractivity contribution is 5.03. The molecule has 0 spiro atoms. The Kier molecular flexibility index (Phi) is 2.79. The second-order valence-electron chi connectivity index (χ2n) is 4.53. The van der Waals surface area contributed by atoms with Gasteiger partial charge < -0.3 is 15.3 Å². The lowest BCUT2D eigenvalue weighted by molar-refractivity contribution is 0.0174. The largest absolute Gasteiger partial charge is 0.395 e. The topological polar surface area (TPSA) is 63.9 Å². The first kappa shape index (κ1) is 10.4. The van der Waals surface area contributed by atoms with E-state index in [4.69, 9.17) is 0 Å². The minimum atomic E-state index is -0.787. The summed E-state index contributed by atoms with van der Waals surface area (Å²) in [4.78, 5) is 2.10. The molecule has 2 heterocycles. The van der Waals surface area contributed by atoms with Gasteiger partial charge >= 0.3 is 0 Å². The summed E-state index contributed by atoms with van der Waals surface area (Å²) in [6, 6.07) is 0.133. The van der Waals surface area contributed by atoms with Crippen molar-refractivity contribution in [3.63, 3.8) is 0 Å². The Balaban J connectivity index is 2.20. The quantitative estimate of drug-likeness (QED) is 0.526. The van der Waals surface area contributed by atoms with Crippen LogP contribution in [0.25, 0.3) is 0 Å². The van der Waals surface area contributed by atoms with E-state index >= 15 is 0 Å². The van der Waals surface area contributed by atoms with Crippen molar-refractivity contribution in [2.24, 2.45) is 0 Å². The van der Waals surface area contributed by atoms with Crippen molar-refractivity contribution in [1.29, 1.82) is 0 Å². The molecule has 2 rings (SSSR count). The molecule has 14 heavy (non-hydrogen) atoms. The van der Waals surface area contributed by atoms with Crippen LogP contribution in [0.5, 0.6) is 0 Å². The average Bonchev–Trinajstić information content (AvgIpc) is 2.43. The molecule has 2 saturated heterocycles. The molecule has 0 aromatic carbocycles. The fourth-order valence-corrected chi connectivity index (χ4v) is 3.00. The van der Waals surface area contributed by atoms with E-state index in [0.29, 0.717) is 6.04 Å². The van der Waals surface area contributed by atoms with Gasteiger partial charge in [-0.25, -0.2) is 0 Å². The van der Waals surface area contributed by atoms with Crippen LogP contribution in [-0.2, 0) is 0 Å². The number of hydrogen-bond donors (Lipinski definition) is 3. The normalized spacial score (nSPS) is 49.3. The van der Waals surface area contributed by atoms with E-state index in [1.807, 2.05) is 0 Å². The molecule has 2 aliphatic heterocycles.